The largest absolute Gasteiger partial charge is 0.464 e. The van der Waals surface area contributed by atoms with E-state index in [0.717, 1.165) is 0 Å². The maximum atomic E-state index is 11.2. The zero-order valence-electron chi connectivity index (χ0n) is 8.04. The molecule has 0 aromatic heterocycles. The summed E-state index contributed by atoms with van der Waals surface area (Å²) in [4.78, 5) is 11.2. The van der Waals surface area contributed by atoms with Gasteiger partial charge in [-0.1, -0.05) is 29.3 Å². The molecule has 1 atom stereocenters. The number of carbonyl (C=O) groups excluding carboxylic acids is 1. The fourth-order valence-corrected chi connectivity index (χ4v) is 1.35. The van der Waals surface area contributed by atoms with E-state index >= 15 is 0 Å². The third-order valence-corrected chi connectivity index (χ3v) is 2.51. The zero-order chi connectivity index (χ0) is 11.4. The van der Waals surface area contributed by atoms with Crippen LogP contribution in [0, 0.1) is 0 Å². The molecule has 1 aromatic carbocycles. The Labute approximate surface area is 97.6 Å². The van der Waals surface area contributed by atoms with Crippen LogP contribution in [0.2, 0.25) is 10.0 Å². The molecule has 82 valence electrons. The third-order valence-electron chi connectivity index (χ3n) is 1.77. The van der Waals surface area contributed by atoms with Gasteiger partial charge in [0.25, 0.3) is 0 Å². The van der Waals surface area contributed by atoms with Gasteiger partial charge in [-0.3, -0.25) is 0 Å². The van der Waals surface area contributed by atoms with Gasteiger partial charge in [0.1, 0.15) is 0 Å². The van der Waals surface area contributed by atoms with Crippen LogP contribution in [-0.2, 0) is 9.53 Å². The third kappa shape index (κ3) is 3.09. The second-order valence-electron chi connectivity index (χ2n) is 2.83. The topological polar surface area (TPSA) is 46.5 Å². The number of esters is 1. The second-order valence-corrected chi connectivity index (χ2v) is 3.64. The van der Waals surface area contributed by atoms with E-state index < -0.39 is 12.1 Å². The van der Waals surface area contributed by atoms with Crippen LogP contribution in [0.25, 0.3) is 0 Å². The van der Waals surface area contributed by atoms with E-state index in [1.165, 1.54) is 18.2 Å². The predicted molar refractivity (Wildman–Crippen MR) is 58.1 cm³/mol. The van der Waals surface area contributed by atoms with Crippen LogP contribution < -0.4 is 0 Å². The van der Waals surface area contributed by atoms with Gasteiger partial charge in [0.15, 0.2) is 6.10 Å². The van der Waals surface area contributed by atoms with Crippen molar-refractivity contribution in [3.8, 4) is 0 Å². The number of hydrogen-bond donors (Lipinski definition) is 1. The van der Waals surface area contributed by atoms with Crippen molar-refractivity contribution in [3.05, 3.63) is 33.8 Å². The first-order valence-corrected chi connectivity index (χ1v) is 5.11. The van der Waals surface area contributed by atoms with Gasteiger partial charge >= 0.3 is 5.97 Å². The quantitative estimate of drug-likeness (QED) is 0.837. The van der Waals surface area contributed by atoms with Crippen LogP contribution in [0.3, 0.4) is 0 Å². The molecule has 1 rings (SSSR count). The number of carbonyl (C=O) groups is 1. The number of halogens is 2. The molecule has 0 heterocycles. The van der Waals surface area contributed by atoms with Gasteiger partial charge in [0.05, 0.1) is 16.7 Å². The van der Waals surface area contributed by atoms with Crippen LogP contribution in [0.1, 0.15) is 18.6 Å². The summed E-state index contributed by atoms with van der Waals surface area (Å²) in [5.41, 5.74) is 0.364. The van der Waals surface area contributed by atoms with Crippen molar-refractivity contribution in [1.29, 1.82) is 0 Å². The Morgan fingerprint density at radius 1 is 1.47 bits per heavy atom. The van der Waals surface area contributed by atoms with E-state index in [-0.39, 0.29) is 11.6 Å². The van der Waals surface area contributed by atoms with Gasteiger partial charge in [0.2, 0.25) is 0 Å². The number of benzene rings is 1. The van der Waals surface area contributed by atoms with E-state index in [1.807, 2.05) is 0 Å². The van der Waals surface area contributed by atoms with Crippen LogP contribution >= 0.6 is 23.2 Å². The highest BCUT2D eigenvalue weighted by molar-refractivity contribution is 6.42. The lowest BCUT2D eigenvalue weighted by Crippen LogP contribution is -2.15. The van der Waals surface area contributed by atoms with Crippen molar-refractivity contribution >= 4 is 29.2 Å². The molecule has 0 bridgehead atoms. The molecule has 0 aliphatic rings. The van der Waals surface area contributed by atoms with E-state index in [9.17, 15) is 9.90 Å². The Kier molecular flexibility index (Phi) is 4.39. The Morgan fingerprint density at radius 3 is 2.67 bits per heavy atom. The smallest absolute Gasteiger partial charge is 0.339 e. The van der Waals surface area contributed by atoms with Crippen molar-refractivity contribution in [2.75, 3.05) is 6.61 Å². The Balaban J connectivity index is 2.86. The minimum atomic E-state index is -1.32. The van der Waals surface area contributed by atoms with Crippen LogP contribution in [-0.4, -0.2) is 17.7 Å². The summed E-state index contributed by atoms with van der Waals surface area (Å²) >= 11 is 11.4. The summed E-state index contributed by atoms with van der Waals surface area (Å²) in [7, 11) is 0. The molecule has 0 fully saturated rings. The first-order valence-electron chi connectivity index (χ1n) is 4.36. The fraction of sp³-hybridized carbons (Fsp3) is 0.300. The lowest BCUT2D eigenvalue weighted by molar-refractivity contribution is -0.153. The standard InChI is InChI=1S/C10H10Cl2O3/c1-2-15-10(14)9(13)6-3-4-7(11)8(12)5-6/h3-5,9,13H,2H2,1H3. The maximum Gasteiger partial charge on any atom is 0.339 e. The minimum Gasteiger partial charge on any atom is -0.464 e. The monoisotopic (exact) mass is 248 g/mol. The molecule has 1 N–H and O–H groups in total. The molecule has 0 aliphatic carbocycles. The second kappa shape index (κ2) is 5.35. The molecular formula is C10H10Cl2O3. The van der Waals surface area contributed by atoms with Crippen LogP contribution in [0.5, 0.6) is 0 Å². The fourth-order valence-electron chi connectivity index (χ4n) is 1.04. The number of aliphatic hydroxyl groups excluding tert-OH is 1. The number of hydrogen-bond acceptors (Lipinski definition) is 3. The zero-order valence-corrected chi connectivity index (χ0v) is 9.55. The minimum absolute atomic E-state index is 0.219. The normalized spacial score (nSPS) is 12.3. The molecule has 0 radical (unpaired) electrons. The molecule has 5 heteroatoms. The Morgan fingerprint density at radius 2 is 2.13 bits per heavy atom. The van der Waals surface area contributed by atoms with Gasteiger partial charge < -0.3 is 9.84 Å². The molecule has 0 saturated heterocycles. The van der Waals surface area contributed by atoms with E-state index in [4.69, 9.17) is 23.2 Å². The van der Waals surface area contributed by atoms with Crippen molar-refractivity contribution in [2.45, 2.75) is 13.0 Å². The maximum absolute atomic E-state index is 11.2. The van der Waals surface area contributed by atoms with E-state index in [1.54, 1.807) is 6.92 Å². The van der Waals surface area contributed by atoms with Crippen LogP contribution in [0.4, 0.5) is 0 Å². The molecule has 0 saturated carbocycles. The van der Waals surface area contributed by atoms with Crippen molar-refractivity contribution in [3.63, 3.8) is 0 Å². The summed E-state index contributed by atoms with van der Waals surface area (Å²) in [6.45, 7) is 1.89. The molecule has 15 heavy (non-hydrogen) atoms. The molecule has 3 nitrogen and oxygen atoms in total. The first-order chi connectivity index (χ1) is 7.06. The Hall–Kier alpha value is -0.770. The van der Waals surface area contributed by atoms with Gasteiger partial charge in [-0.2, -0.15) is 0 Å². The number of aliphatic hydroxyl groups is 1. The number of rotatable bonds is 3. The Bertz CT molecular complexity index is 366. The van der Waals surface area contributed by atoms with Gasteiger partial charge in [-0.25, -0.2) is 4.79 Å². The average Bonchev–Trinajstić information content (AvgIpc) is 2.21. The number of ether oxygens (including phenoxy) is 1. The molecule has 1 aromatic rings. The molecule has 1 unspecified atom stereocenters. The predicted octanol–water partition coefficient (Wildman–Crippen LogP) is 2.59. The van der Waals surface area contributed by atoms with Crippen LogP contribution in [0.15, 0.2) is 18.2 Å². The van der Waals surface area contributed by atoms with Gasteiger partial charge in [-0.15, -0.1) is 0 Å². The lowest BCUT2D eigenvalue weighted by atomic mass is 10.1. The molecule has 0 aliphatic heterocycles. The summed E-state index contributed by atoms with van der Waals surface area (Å²) in [5.74, 6) is -0.698. The van der Waals surface area contributed by atoms with Gasteiger partial charge in [0, 0.05) is 0 Å². The molecule has 0 spiro atoms. The van der Waals surface area contributed by atoms with Gasteiger partial charge in [-0.05, 0) is 24.6 Å². The SMILES string of the molecule is CCOC(=O)C(O)c1ccc(Cl)c(Cl)c1. The van der Waals surface area contributed by atoms with Crippen molar-refractivity contribution < 1.29 is 14.6 Å². The van der Waals surface area contributed by atoms with E-state index in [0.29, 0.717) is 10.6 Å². The van der Waals surface area contributed by atoms with Crippen molar-refractivity contribution in [2.24, 2.45) is 0 Å². The summed E-state index contributed by atoms with van der Waals surface area (Å²) in [6, 6.07) is 4.48. The summed E-state index contributed by atoms with van der Waals surface area (Å²) in [5, 5.41) is 10.2. The lowest BCUT2D eigenvalue weighted by Gasteiger charge is -2.10. The highest BCUT2D eigenvalue weighted by atomic mass is 35.5. The molecular weight excluding hydrogens is 239 g/mol. The summed E-state index contributed by atoms with van der Waals surface area (Å²) in [6.07, 6.45) is -1.32. The van der Waals surface area contributed by atoms with E-state index in [2.05, 4.69) is 4.74 Å². The average molecular weight is 249 g/mol. The van der Waals surface area contributed by atoms with Crippen molar-refractivity contribution in [1.82, 2.24) is 0 Å². The highest BCUT2D eigenvalue weighted by Gasteiger charge is 2.19. The highest BCUT2D eigenvalue weighted by Crippen LogP contribution is 2.26. The molecule has 0 amide bonds. The summed E-state index contributed by atoms with van der Waals surface area (Å²) < 4.78 is 4.66. The first kappa shape index (κ1) is 12.3.